The monoisotopic (exact) mass is 314 g/mol. The van der Waals surface area contributed by atoms with Gasteiger partial charge in [0.15, 0.2) is 5.05 Å². The lowest BCUT2D eigenvalue weighted by atomic mass is 10.0. The van der Waals surface area contributed by atoms with Gasteiger partial charge in [-0.2, -0.15) is 0 Å². The van der Waals surface area contributed by atoms with Gasteiger partial charge >= 0.3 is 0 Å². The van der Waals surface area contributed by atoms with E-state index < -0.39 is 0 Å². The Morgan fingerprint density at radius 2 is 1.38 bits per heavy atom. The van der Waals surface area contributed by atoms with Gasteiger partial charge in [0.05, 0.1) is 6.61 Å². The van der Waals surface area contributed by atoms with Crippen molar-refractivity contribution in [3.05, 3.63) is 0 Å². The zero-order valence-electron chi connectivity index (χ0n) is 13.9. The number of rotatable bonds is 15. The largest absolute Gasteiger partial charge is 0.484 e. The molecule has 2 nitrogen and oxygen atoms in total. The van der Waals surface area contributed by atoms with Crippen molar-refractivity contribution < 1.29 is 9.47 Å². The third kappa shape index (κ3) is 13.2. The summed E-state index contributed by atoms with van der Waals surface area (Å²) in [6.45, 7) is 3.79. The molecule has 1 heterocycles. The fraction of sp³-hybridized carbons (Fsp3) is 0.944. The second-order valence-corrected chi connectivity index (χ2v) is 6.73. The van der Waals surface area contributed by atoms with E-state index in [4.69, 9.17) is 21.7 Å². The molecule has 124 valence electrons. The van der Waals surface area contributed by atoms with Crippen LogP contribution in [0.5, 0.6) is 0 Å². The second-order valence-electron chi connectivity index (χ2n) is 6.28. The number of hydrogen-bond acceptors (Lipinski definition) is 3. The van der Waals surface area contributed by atoms with Gasteiger partial charge in [0.1, 0.15) is 12.7 Å². The van der Waals surface area contributed by atoms with Crippen LogP contribution in [0.1, 0.15) is 90.4 Å². The van der Waals surface area contributed by atoms with E-state index in [2.05, 4.69) is 6.92 Å². The van der Waals surface area contributed by atoms with E-state index in [0.717, 1.165) is 18.1 Å². The van der Waals surface area contributed by atoms with E-state index in [1.165, 1.54) is 77.0 Å². The summed E-state index contributed by atoms with van der Waals surface area (Å²) in [6, 6.07) is 0. The highest BCUT2D eigenvalue weighted by Crippen LogP contribution is 2.13. The molecule has 1 rings (SSSR count). The molecule has 0 amide bonds. The predicted molar refractivity (Wildman–Crippen MR) is 94.0 cm³/mol. The Balaban J connectivity index is 1.69. The van der Waals surface area contributed by atoms with Crippen molar-refractivity contribution in [2.45, 2.75) is 96.5 Å². The normalized spacial score (nSPS) is 16.9. The lowest BCUT2D eigenvalue weighted by molar-refractivity contribution is 0.252. The van der Waals surface area contributed by atoms with Crippen LogP contribution in [0.3, 0.4) is 0 Å². The molecular weight excluding hydrogens is 280 g/mol. The van der Waals surface area contributed by atoms with Gasteiger partial charge in [-0.25, -0.2) is 0 Å². The molecule has 0 saturated carbocycles. The van der Waals surface area contributed by atoms with Gasteiger partial charge in [-0.05, 0) is 18.6 Å². The highest BCUT2D eigenvalue weighted by molar-refractivity contribution is 7.80. The van der Waals surface area contributed by atoms with Gasteiger partial charge in [-0.3, -0.25) is 0 Å². The summed E-state index contributed by atoms with van der Waals surface area (Å²) in [5.41, 5.74) is 0. The average Bonchev–Trinajstić information content (AvgIpc) is 3.30. The van der Waals surface area contributed by atoms with Crippen LogP contribution >= 0.6 is 12.2 Å². The maximum atomic E-state index is 5.47. The molecule has 1 fully saturated rings. The fourth-order valence-corrected chi connectivity index (χ4v) is 2.75. The van der Waals surface area contributed by atoms with Crippen LogP contribution in [0.25, 0.3) is 0 Å². The molecule has 0 N–H and O–H groups in total. The van der Waals surface area contributed by atoms with Crippen LogP contribution in [0.4, 0.5) is 0 Å². The van der Waals surface area contributed by atoms with Crippen LogP contribution < -0.4 is 0 Å². The van der Waals surface area contributed by atoms with Gasteiger partial charge in [0.25, 0.3) is 0 Å². The van der Waals surface area contributed by atoms with Crippen molar-refractivity contribution in [1.29, 1.82) is 0 Å². The van der Waals surface area contributed by atoms with Crippen molar-refractivity contribution in [3.8, 4) is 0 Å². The van der Waals surface area contributed by atoms with Crippen molar-refractivity contribution in [3.63, 3.8) is 0 Å². The lowest BCUT2D eigenvalue weighted by Gasteiger charge is -2.06. The summed E-state index contributed by atoms with van der Waals surface area (Å²) in [5, 5.41) is 0.776. The highest BCUT2D eigenvalue weighted by atomic mass is 32.1. The molecular formula is C18H34O2S. The Morgan fingerprint density at radius 3 is 1.86 bits per heavy atom. The number of ether oxygens (including phenoxy) is 2. The van der Waals surface area contributed by atoms with Crippen LogP contribution in [0, 0.1) is 0 Å². The molecule has 0 aromatic carbocycles. The lowest BCUT2D eigenvalue weighted by Crippen LogP contribution is -2.07. The molecule has 0 spiro atoms. The van der Waals surface area contributed by atoms with Gasteiger partial charge in [0, 0.05) is 6.42 Å². The van der Waals surface area contributed by atoms with Crippen molar-refractivity contribution in [2.75, 3.05) is 13.2 Å². The Morgan fingerprint density at radius 1 is 0.905 bits per heavy atom. The van der Waals surface area contributed by atoms with E-state index in [1.54, 1.807) is 0 Å². The van der Waals surface area contributed by atoms with Gasteiger partial charge < -0.3 is 9.47 Å². The molecule has 1 unspecified atom stereocenters. The first-order chi connectivity index (χ1) is 10.3. The molecule has 0 bridgehead atoms. The SMILES string of the molecule is CCCCCCCCCCCCCCC(=S)OCC1CO1. The van der Waals surface area contributed by atoms with Crippen molar-refractivity contribution >= 4 is 17.3 Å². The Labute approximate surface area is 137 Å². The molecule has 21 heavy (non-hydrogen) atoms. The molecule has 1 aliphatic rings. The molecule has 1 atom stereocenters. The smallest absolute Gasteiger partial charge is 0.159 e. The summed E-state index contributed by atoms with van der Waals surface area (Å²) in [5.74, 6) is 0. The summed E-state index contributed by atoms with van der Waals surface area (Å²) in [7, 11) is 0. The maximum absolute atomic E-state index is 5.47. The highest BCUT2D eigenvalue weighted by Gasteiger charge is 2.23. The average molecular weight is 315 g/mol. The van der Waals surface area contributed by atoms with E-state index in [9.17, 15) is 0 Å². The molecule has 1 saturated heterocycles. The summed E-state index contributed by atoms with van der Waals surface area (Å²) in [6.07, 6.45) is 17.8. The van der Waals surface area contributed by atoms with Crippen molar-refractivity contribution in [2.24, 2.45) is 0 Å². The predicted octanol–water partition coefficient (Wildman–Crippen LogP) is 5.82. The van der Waals surface area contributed by atoms with E-state index in [-0.39, 0.29) is 0 Å². The van der Waals surface area contributed by atoms with Crippen LogP contribution in [0.2, 0.25) is 0 Å². The van der Waals surface area contributed by atoms with E-state index >= 15 is 0 Å². The van der Waals surface area contributed by atoms with Gasteiger partial charge in [-0.15, -0.1) is 0 Å². The summed E-state index contributed by atoms with van der Waals surface area (Å²) >= 11 is 5.20. The zero-order chi connectivity index (χ0) is 15.2. The Kier molecular flexibility index (Phi) is 12.2. The van der Waals surface area contributed by atoms with Crippen molar-refractivity contribution in [1.82, 2.24) is 0 Å². The minimum atomic E-state index is 0.324. The molecule has 3 heteroatoms. The Bertz CT molecular complexity index is 252. The molecule has 0 aromatic heterocycles. The summed E-state index contributed by atoms with van der Waals surface area (Å²) in [4.78, 5) is 0. The standard InChI is InChI=1S/C18H34O2S/c1-2-3-4-5-6-7-8-9-10-11-12-13-14-18(21)20-16-17-15-19-17/h17H,2-16H2,1H3. The molecule has 0 radical (unpaired) electrons. The fourth-order valence-electron chi connectivity index (χ4n) is 2.53. The van der Waals surface area contributed by atoms with Crippen LogP contribution in [-0.2, 0) is 9.47 Å². The first-order valence-electron chi connectivity index (χ1n) is 9.10. The number of hydrogen-bond donors (Lipinski definition) is 0. The maximum Gasteiger partial charge on any atom is 0.159 e. The Hall–Kier alpha value is -0.150. The van der Waals surface area contributed by atoms with Crippen LogP contribution in [0.15, 0.2) is 0 Å². The zero-order valence-corrected chi connectivity index (χ0v) is 14.7. The molecule has 0 aromatic rings. The first kappa shape index (κ1) is 18.9. The number of epoxide rings is 1. The first-order valence-corrected chi connectivity index (χ1v) is 9.51. The molecule has 1 aliphatic heterocycles. The quantitative estimate of drug-likeness (QED) is 0.216. The van der Waals surface area contributed by atoms with Gasteiger partial charge in [-0.1, -0.05) is 77.6 Å². The van der Waals surface area contributed by atoms with E-state index in [1.807, 2.05) is 0 Å². The minimum absolute atomic E-state index is 0.324. The third-order valence-corrected chi connectivity index (χ3v) is 4.39. The number of unbranched alkanes of at least 4 members (excludes halogenated alkanes) is 11. The minimum Gasteiger partial charge on any atom is -0.484 e. The van der Waals surface area contributed by atoms with Crippen LogP contribution in [-0.4, -0.2) is 24.4 Å². The van der Waals surface area contributed by atoms with E-state index in [0.29, 0.717) is 12.7 Å². The van der Waals surface area contributed by atoms with Gasteiger partial charge in [0.2, 0.25) is 0 Å². The second kappa shape index (κ2) is 13.5. The topological polar surface area (TPSA) is 21.8 Å². The molecule has 0 aliphatic carbocycles. The number of thiocarbonyl (C=S) groups is 1. The third-order valence-electron chi connectivity index (χ3n) is 4.07. The summed E-state index contributed by atoms with van der Waals surface area (Å²) < 4.78 is 10.6.